The van der Waals surface area contributed by atoms with E-state index in [0.717, 1.165) is 33.7 Å². The highest BCUT2D eigenvalue weighted by atomic mass is 16.5. The summed E-state index contributed by atoms with van der Waals surface area (Å²) in [5.74, 6) is 0.768. The van der Waals surface area contributed by atoms with Crippen LogP contribution in [0.5, 0.6) is 5.75 Å². The molecule has 0 radical (unpaired) electrons. The summed E-state index contributed by atoms with van der Waals surface area (Å²) in [6.45, 7) is 8.50. The Bertz CT molecular complexity index is 984. The minimum absolute atomic E-state index is 0.0188. The molecule has 1 amide bonds. The largest absolute Gasteiger partial charge is 0.497 e. The molecule has 0 fully saturated rings. The zero-order chi connectivity index (χ0) is 19.6. The second kappa shape index (κ2) is 7.74. The van der Waals surface area contributed by atoms with Crippen molar-refractivity contribution in [2.24, 2.45) is 0 Å². The third-order valence-electron chi connectivity index (χ3n) is 4.97. The van der Waals surface area contributed by atoms with Crippen LogP contribution >= 0.6 is 0 Å². The predicted molar refractivity (Wildman–Crippen MR) is 107 cm³/mol. The fourth-order valence-electron chi connectivity index (χ4n) is 3.20. The van der Waals surface area contributed by atoms with Crippen molar-refractivity contribution < 1.29 is 9.53 Å². The molecule has 140 valence electrons. The van der Waals surface area contributed by atoms with Gasteiger partial charge in [-0.05, 0) is 63.6 Å². The van der Waals surface area contributed by atoms with E-state index in [4.69, 9.17) is 4.74 Å². The summed E-state index contributed by atoms with van der Waals surface area (Å²) >= 11 is 0. The van der Waals surface area contributed by atoms with E-state index in [2.05, 4.69) is 9.97 Å². The lowest BCUT2D eigenvalue weighted by Crippen LogP contribution is -2.33. The molecule has 3 aromatic rings. The number of hydrogen-bond acceptors (Lipinski definition) is 4. The molecule has 0 aliphatic carbocycles. The summed E-state index contributed by atoms with van der Waals surface area (Å²) in [6.07, 6.45) is 0. The molecule has 2 aromatic carbocycles. The van der Waals surface area contributed by atoms with Crippen molar-refractivity contribution in [2.75, 3.05) is 13.7 Å². The van der Waals surface area contributed by atoms with Gasteiger partial charge in [0.05, 0.1) is 35.6 Å². The highest BCUT2D eigenvalue weighted by Crippen LogP contribution is 2.26. The van der Waals surface area contributed by atoms with Gasteiger partial charge in [-0.3, -0.25) is 4.79 Å². The van der Waals surface area contributed by atoms with Gasteiger partial charge in [-0.2, -0.15) is 0 Å². The molecule has 27 heavy (non-hydrogen) atoms. The number of benzene rings is 2. The fourth-order valence-corrected chi connectivity index (χ4v) is 3.20. The maximum Gasteiger partial charge on any atom is 0.254 e. The van der Waals surface area contributed by atoms with Crippen molar-refractivity contribution in [1.82, 2.24) is 14.9 Å². The molecule has 5 heteroatoms. The second-order valence-corrected chi connectivity index (χ2v) is 6.64. The molecule has 1 atom stereocenters. The standard InChI is InChI=1S/C22H25N3O2/c1-6-25(16(4)17-8-7-9-19(12-17)27-5)22(26)18-10-11-20-21(13-18)24-15(3)14(2)23-20/h7-13,16H,6H2,1-5H3. The number of aryl methyl sites for hydroxylation is 2. The number of ether oxygens (including phenoxy) is 1. The maximum atomic E-state index is 13.2. The van der Waals surface area contributed by atoms with Gasteiger partial charge in [-0.15, -0.1) is 0 Å². The Morgan fingerprint density at radius 1 is 1.07 bits per heavy atom. The summed E-state index contributed by atoms with van der Waals surface area (Å²) < 4.78 is 5.31. The van der Waals surface area contributed by atoms with Crippen molar-refractivity contribution >= 4 is 16.9 Å². The molecule has 0 saturated heterocycles. The van der Waals surface area contributed by atoms with Crippen LogP contribution in [-0.2, 0) is 0 Å². The zero-order valence-electron chi connectivity index (χ0n) is 16.5. The first kappa shape index (κ1) is 18.8. The Labute approximate surface area is 160 Å². The van der Waals surface area contributed by atoms with Gasteiger partial charge in [0.1, 0.15) is 5.75 Å². The van der Waals surface area contributed by atoms with Gasteiger partial charge in [-0.1, -0.05) is 12.1 Å². The minimum Gasteiger partial charge on any atom is -0.497 e. The number of rotatable bonds is 5. The number of nitrogens with zero attached hydrogens (tertiary/aromatic N) is 3. The number of carbonyl (C=O) groups is 1. The smallest absolute Gasteiger partial charge is 0.254 e. The number of amides is 1. The molecular weight excluding hydrogens is 338 g/mol. The summed E-state index contributed by atoms with van der Waals surface area (Å²) in [7, 11) is 1.65. The molecule has 0 spiro atoms. The first-order valence-electron chi connectivity index (χ1n) is 9.14. The Hall–Kier alpha value is -2.95. The minimum atomic E-state index is -0.0702. The summed E-state index contributed by atoms with van der Waals surface area (Å²) in [5.41, 5.74) is 4.99. The van der Waals surface area contributed by atoms with E-state index in [9.17, 15) is 4.79 Å². The molecular formula is C22H25N3O2. The lowest BCUT2D eigenvalue weighted by atomic mass is 10.0. The molecule has 3 rings (SSSR count). The second-order valence-electron chi connectivity index (χ2n) is 6.64. The number of fused-ring (bicyclic) bond motifs is 1. The van der Waals surface area contributed by atoms with E-state index in [0.29, 0.717) is 12.1 Å². The van der Waals surface area contributed by atoms with Crippen LogP contribution in [0.1, 0.15) is 47.2 Å². The topological polar surface area (TPSA) is 55.3 Å². The summed E-state index contributed by atoms with van der Waals surface area (Å²) in [5, 5.41) is 0. The van der Waals surface area contributed by atoms with Gasteiger partial charge in [-0.25, -0.2) is 9.97 Å². The molecule has 0 bridgehead atoms. The van der Waals surface area contributed by atoms with E-state index in [1.165, 1.54) is 0 Å². The Kier molecular flexibility index (Phi) is 5.40. The Balaban J connectivity index is 1.94. The number of carbonyl (C=O) groups excluding carboxylic acids is 1. The van der Waals surface area contributed by atoms with Crippen LogP contribution in [0.15, 0.2) is 42.5 Å². The van der Waals surface area contributed by atoms with Crippen molar-refractivity contribution in [3.05, 3.63) is 65.0 Å². The van der Waals surface area contributed by atoms with Gasteiger partial charge in [0.25, 0.3) is 5.91 Å². The van der Waals surface area contributed by atoms with Crippen LogP contribution in [0.25, 0.3) is 11.0 Å². The zero-order valence-corrected chi connectivity index (χ0v) is 16.5. The molecule has 0 aliphatic rings. The van der Waals surface area contributed by atoms with Crippen molar-refractivity contribution in [1.29, 1.82) is 0 Å². The number of methoxy groups -OCH3 is 1. The highest BCUT2D eigenvalue weighted by molar-refractivity contribution is 5.97. The summed E-state index contributed by atoms with van der Waals surface area (Å²) in [6, 6.07) is 13.3. The van der Waals surface area contributed by atoms with Crippen LogP contribution in [0.3, 0.4) is 0 Å². The number of aromatic nitrogens is 2. The molecule has 0 aliphatic heterocycles. The third-order valence-corrected chi connectivity index (χ3v) is 4.97. The summed E-state index contributed by atoms with van der Waals surface area (Å²) in [4.78, 5) is 24.2. The van der Waals surface area contributed by atoms with Crippen LogP contribution in [0.2, 0.25) is 0 Å². The lowest BCUT2D eigenvalue weighted by Gasteiger charge is -2.29. The average Bonchev–Trinajstić information content (AvgIpc) is 2.69. The monoisotopic (exact) mass is 363 g/mol. The highest BCUT2D eigenvalue weighted by Gasteiger charge is 2.22. The number of hydrogen-bond donors (Lipinski definition) is 0. The fraction of sp³-hybridized carbons (Fsp3) is 0.318. The molecule has 5 nitrogen and oxygen atoms in total. The van der Waals surface area contributed by atoms with E-state index in [-0.39, 0.29) is 11.9 Å². The van der Waals surface area contributed by atoms with E-state index >= 15 is 0 Å². The predicted octanol–water partition coefficient (Wildman–Crippen LogP) is 4.48. The molecule has 0 N–H and O–H groups in total. The first-order chi connectivity index (χ1) is 12.9. The van der Waals surface area contributed by atoms with Gasteiger partial charge in [0.2, 0.25) is 0 Å². The van der Waals surface area contributed by atoms with Gasteiger partial charge >= 0.3 is 0 Å². The normalized spacial score (nSPS) is 12.0. The third kappa shape index (κ3) is 3.77. The van der Waals surface area contributed by atoms with Crippen LogP contribution in [0, 0.1) is 13.8 Å². The van der Waals surface area contributed by atoms with Crippen molar-refractivity contribution in [3.8, 4) is 5.75 Å². The average molecular weight is 363 g/mol. The van der Waals surface area contributed by atoms with E-state index in [1.807, 2.05) is 75.1 Å². The first-order valence-corrected chi connectivity index (χ1v) is 9.14. The van der Waals surface area contributed by atoms with Gasteiger partial charge in [0, 0.05) is 12.1 Å². The van der Waals surface area contributed by atoms with Gasteiger partial charge in [0.15, 0.2) is 0 Å². The van der Waals surface area contributed by atoms with Gasteiger partial charge < -0.3 is 9.64 Å². The Morgan fingerprint density at radius 3 is 2.44 bits per heavy atom. The van der Waals surface area contributed by atoms with E-state index in [1.54, 1.807) is 7.11 Å². The van der Waals surface area contributed by atoms with Crippen LogP contribution < -0.4 is 4.74 Å². The van der Waals surface area contributed by atoms with Crippen LogP contribution in [0.4, 0.5) is 0 Å². The van der Waals surface area contributed by atoms with Crippen molar-refractivity contribution in [2.45, 2.75) is 33.7 Å². The molecule has 1 unspecified atom stereocenters. The lowest BCUT2D eigenvalue weighted by molar-refractivity contribution is 0.0702. The van der Waals surface area contributed by atoms with Crippen molar-refractivity contribution in [3.63, 3.8) is 0 Å². The quantitative estimate of drug-likeness (QED) is 0.671. The molecule has 0 saturated carbocycles. The maximum absolute atomic E-state index is 13.2. The van der Waals surface area contributed by atoms with E-state index < -0.39 is 0 Å². The van der Waals surface area contributed by atoms with Crippen LogP contribution in [-0.4, -0.2) is 34.4 Å². The SMILES string of the molecule is CCN(C(=O)c1ccc2nc(C)c(C)nc2c1)C(C)c1cccc(OC)c1. The Morgan fingerprint density at radius 2 is 1.78 bits per heavy atom. The molecule has 1 aromatic heterocycles. The molecule has 1 heterocycles.